The van der Waals surface area contributed by atoms with Gasteiger partial charge in [-0.05, 0) is 30.3 Å². The summed E-state index contributed by atoms with van der Waals surface area (Å²) in [6.07, 6.45) is 3.72. The van der Waals surface area contributed by atoms with Crippen molar-refractivity contribution in [2.75, 3.05) is 5.32 Å². The van der Waals surface area contributed by atoms with Gasteiger partial charge in [0, 0.05) is 28.2 Å². The number of nitrogens with one attached hydrogen (secondary N) is 1. The van der Waals surface area contributed by atoms with Crippen LogP contribution in [0.1, 0.15) is 0 Å². The minimum atomic E-state index is 0.796. The highest BCUT2D eigenvalue weighted by atomic mass is 79.9. The van der Waals surface area contributed by atoms with Gasteiger partial charge in [0.25, 0.3) is 0 Å². The number of aromatic nitrogens is 2. The first-order chi connectivity index (χ1) is 9.33. The second kappa shape index (κ2) is 5.28. The number of anilines is 2. The molecule has 0 atom stereocenters. The maximum atomic E-state index is 4.35. The number of hydrogen-bond acceptors (Lipinski definition) is 2. The van der Waals surface area contributed by atoms with Crippen LogP contribution in [0.25, 0.3) is 5.69 Å². The van der Waals surface area contributed by atoms with Gasteiger partial charge in [-0.2, -0.15) is 0 Å². The zero-order valence-corrected chi connectivity index (χ0v) is 11.7. The summed E-state index contributed by atoms with van der Waals surface area (Å²) in [5.41, 5.74) is 2.08. The monoisotopic (exact) mass is 313 g/mol. The van der Waals surface area contributed by atoms with Crippen molar-refractivity contribution in [3.05, 3.63) is 71.5 Å². The zero-order valence-electron chi connectivity index (χ0n) is 10.1. The summed E-state index contributed by atoms with van der Waals surface area (Å²) in [7, 11) is 0. The van der Waals surface area contributed by atoms with Gasteiger partial charge in [-0.15, -0.1) is 0 Å². The van der Waals surface area contributed by atoms with Crippen molar-refractivity contribution in [1.29, 1.82) is 0 Å². The van der Waals surface area contributed by atoms with Crippen molar-refractivity contribution in [3.63, 3.8) is 0 Å². The molecule has 1 N–H and O–H groups in total. The van der Waals surface area contributed by atoms with Crippen LogP contribution in [0.4, 0.5) is 11.6 Å². The molecule has 0 fully saturated rings. The minimum Gasteiger partial charge on any atom is -0.325 e. The molecule has 0 aliphatic carbocycles. The zero-order chi connectivity index (χ0) is 13.1. The van der Waals surface area contributed by atoms with Crippen molar-refractivity contribution >= 4 is 27.6 Å². The molecule has 3 nitrogen and oxygen atoms in total. The fourth-order valence-electron chi connectivity index (χ4n) is 1.88. The van der Waals surface area contributed by atoms with Gasteiger partial charge in [-0.3, -0.25) is 4.57 Å². The molecule has 3 rings (SSSR count). The van der Waals surface area contributed by atoms with Gasteiger partial charge in [0.1, 0.15) is 0 Å². The normalized spacial score (nSPS) is 10.4. The summed E-state index contributed by atoms with van der Waals surface area (Å²) in [4.78, 5) is 4.35. The third kappa shape index (κ3) is 2.69. The first-order valence-corrected chi connectivity index (χ1v) is 6.73. The lowest BCUT2D eigenvalue weighted by molar-refractivity contribution is 1.06. The lowest BCUT2D eigenvalue weighted by Gasteiger charge is -2.10. The molecule has 2 aromatic carbocycles. The second-order valence-electron chi connectivity index (χ2n) is 4.09. The van der Waals surface area contributed by atoms with Crippen LogP contribution in [-0.4, -0.2) is 9.55 Å². The molecule has 0 radical (unpaired) electrons. The summed E-state index contributed by atoms with van der Waals surface area (Å²) in [5, 5.41) is 3.31. The smallest absolute Gasteiger partial charge is 0.212 e. The molecule has 0 aliphatic heterocycles. The van der Waals surface area contributed by atoms with E-state index in [1.54, 1.807) is 6.20 Å². The van der Waals surface area contributed by atoms with Gasteiger partial charge in [-0.25, -0.2) is 4.98 Å². The van der Waals surface area contributed by atoms with E-state index in [2.05, 4.69) is 32.3 Å². The van der Waals surface area contributed by atoms with Gasteiger partial charge >= 0.3 is 0 Å². The van der Waals surface area contributed by atoms with Gasteiger partial charge in [0.15, 0.2) is 0 Å². The van der Waals surface area contributed by atoms with Crippen LogP contribution in [0, 0.1) is 0 Å². The van der Waals surface area contributed by atoms with Gasteiger partial charge in [-0.1, -0.05) is 40.2 Å². The standard InChI is InChI=1S/C15H12BrN3/c16-12-5-4-8-14(11-12)19-10-9-17-15(19)18-13-6-2-1-3-7-13/h1-11H,(H,17,18). The third-order valence-electron chi connectivity index (χ3n) is 2.76. The summed E-state index contributed by atoms with van der Waals surface area (Å²) in [5.74, 6) is 0.796. The van der Waals surface area contributed by atoms with Crippen LogP contribution in [0.2, 0.25) is 0 Å². The Morgan fingerprint density at radius 3 is 2.63 bits per heavy atom. The number of benzene rings is 2. The van der Waals surface area contributed by atoms with E-state index < -0.39 is 0 Å². The highest BCUT2D eigenvalue weighted by Crippen LogP contribution is 2.21. The molecule has 0 saturated carbocycles. The Balaban J connectivity index is 1.95. The van der Waals surface area contributed by atoms with Crippen molar-refractivity contribution in [1.82, 2.24) is 9.55 Å². The molecular weight excluding hydrogens is 302 g/mol. The lowest BCUT2D eigenvalue weighted by Crippen LogP contribution is -2.00. The van der Waals surface area contributed by atoms with Gasteiger partial charge < -0.3 is 5.32 Å². The number of para-hydroxylation sites is 1. The number of imidazole rings is 1. The van der Waals surface area contributed by atoms with Gasteiger partial charge in [0.05, 0.1) is 0 Å². The van der Waals surface area contributed by atoms with Crippen molar-refractivity contribution < 1.29 is 0 Å². The molecule has 0 unspecified atom stereocenters. The largest absolute Gasteiger partial charge is 0.325 e. The van der Waals surface area contributed by atoms with Crippen LogP contribution < -0.4 is 5.32 Å². The van der Waals surface area contributed by atoms with Crippen molar-refractivity contribution in [3.8, 4) is 5.69 Å². The van der Waals surface area contributed by atoms with Gasteiger partial charge in [0.2, 0.25) is 5.95 Å². The summed E-state index contributed by atoms with van der Waals surface area (Å²) < 4.78 is 3.06. The summed E-state index contributed by atoms with van der Waals surface area (Å²) in [6, 6.07) is 18.1. The Labute approximate surface area is 120 Å². The highest BCUT2D eigenvalue weighted by Gasteiger charge is 2.05. The topological polar surface area (TPSA) is 29.9 Å². The van der Waals surface area contributed by atoms with Crippen LogP contribution in [0.5, 0.6) is 0 Å². The Morgan fingerprint density at radius 1 is 1.00 bits per heavy atom. The molecule has 0 amide bonds. The van der Waals surface area contributed by atoms with E-state index in [1.165, 1.54) is 0 Å². The molecule has 1 aromatic heterocycles. The number of hydrogen-bond donors (Lipinski definition) is 1. The fourth-order valence-corrected chi connectivity index (χ4v) is 2.27. The Hall–Kier alpha value is -2.07. The SMILES string of the molecule is Brc1cccc(-n2ccnc2Nc2ccccc2)c1. The first kappa shape index (κ1) is 12.0. The van der Waals surface area contributed by atoms with Crippen LogP contribution in [0.15, 0.2) is 71.5 Å². The van der Waals surface area contributed by atoms with E-state index in [-0.39, 0.29) is 0 Å². The molecular formula is C15H12BrN3. The Morgan fingerprint density at radius 2 is 1.84 bits per heavy atom. The van der Waals surface area contributed by atoms with E-state index in [9.17, 15) is 0 Å². The van der Waals surface area contributed by atoms with E-state index >= 15 is 0 Å². The maximum Gasteiger partial charge on any atom is 0.212 e. The fraction of sp³-hybridized carbons (Fsp3) is 0. The average molecular weight is 314 g/mol. The van der Waals surface area contributed by atoms with Crippen molar-refractivity contribution in [2.45, 2.75) is 0 Å². The average Bonchev–Trinajstić information content (AvgIpc) is 2.88. The van der Waals surface area contributed by atoms with E-state index in [1.807, 2.05) is 59.3 Å². The first-order valence-electron chi connectivity index (χ1n) is 5.94. The molecule has 0 aliphatic rings. The number of rotatable bonds is 3. The van der Waals surface area contributed by atoms with E-state index in [0.717, 1.165) is 21.8 Å². The second-order valence-corrected chi connectivity index (χ2v) is 5.01. The molecule has 3 aromatic rings. The quantitative estimate of drug-likeness (QED) is 0.777. The van der Waals surface area contributed by atoms with E-state index in [0.29, 0.717) is 0 Å². The minimum absolute atomic E-state index is 0.796. The molecule has 1 heterocycles. The van der Waals surface area contributed by atoms with Crippen molar-refractivity contribution in [2.24, 2.45) is 0 Å². The summed E-state index contributed by atoms with van der Waals surface area (Å²) >= 11 is 3.48. The van der Waals surface area contributed by atoms with Crippen LogP contribution >= 0.6 is 15.9 Å². The molecule has 94 valence electrons. The number of halogens is 1. The Bertz CT molecular complexity index is 677. The Kier molecular flexibility index (Phi) is 3.33. The highest BCUT2D eigenvalue weighted by molar-refractivity contribution is 9.10. The predicted molar refractivity (Wildman–Crippen MR) is 81.0 cm³/mol. The molecule has 4 heteroatoms. The van der Waals surface area contributed by atoms with Crippen LogP contribution in [-0.2, 0) is 0 Å². The predicted octanol–water partition coefficient (Wildman–Crippen LogP) is 4.38. The maximum absolute atomic E-state index is 4.35. The van der Waals surface area contributed by atoms with E-state index in [4.69, 9.17) is 0 Å². The molecule has 0 saturated heterocycles. The molecule has 0 bridgehead atoms. The summed E-state index contributed by atoms with van der Waals surface area (Å²) in [6.45, 7) is 0. The third-order valence-corrected chi connectivity index (χ3v) is 3.25. The lowest BCUT2D eigenvalue weighted by atomic mass is 10.3. The molecule has 19 heavy (non-hydrogen) atoms. The van der Waals surface area contributed by atoms with Crippen LogP contribution in [0.3, 0.4) is 0 Å². The molecule has 0 spiro atoms. The number of nitrogens with zero attached hydrogens (tertiary/aromatic N) is 2.